The van der Waals surface area contributed by atoms with Gasteiger partial charge in [-0.1, -0.05) is 62.3 Å². The van der Waals surface area contributed by atoms with Gasteiger partial charge >= 0.3 is 6.11 Å². The lowest BCUT2D eigenvalue weighted by atomic mass is 9.48. The molecular formula is C44H76F6O7. The number of halogens is 6. The average molecular weight is 831 g/mol. The topological polar surface area (TPSA) is 109 Å². The Bertz CT molecular complexity index is 1280. The Balaban J connectivity index is 0.000000209. The fourth-order valence-electron chi connectivity index (χ4n) is 11.4. The fraction of sp³-hybridized carbons (Fsp3) is 1.00. The van der Waals surface area contributed by atoms with E-state index in [1.54, 1.807) is 0 Å². The summed E-state index contributed by atoms with van der Waals surface area (Å²) in [6.45, 7) is 14.1. The highest BCUT2D eigenvalue weighted by molar-refractivity contribution is 5.08. The molecule has 0 spiro atoms. The monoisotopic (exact) mass is 831 g/mol. The molecule has 336 valence electrons. The quantitative estimate of drug-likeness (QED) is 0.137. The Hall–Kier alpha value is -0.700. The van der Waals surface area contributed by atoms with E-state index >= 15 is 0 Å². The molecule has 0 heterocycles. The number of methoxy groups -OCH3 is 1. The second-order valence-electron chi connectivity index (χ2n) is 22.8. The van der Waals surface area contributed by atoms with Crippen LogP contribution in [-0.4, -0.2) is 95.8 Å². The summed E-state index contributed by atoms with van der Waals surface area (Å²) in [5.74, 6) is -3.23. The zero-order valence-electron chi connectivity index (χ0n) is 36.4. The molecule has 0 aromatic rings. The van der Waals surface area contributed by atoms with Gasteiger partial charge in [-0.15, -0.1) is 0 Å². The Kier molecular flexibility index (Phi) is 14.8. The summed E-state index contributed by atoms with van der Waals surface area (Å²) < 4.78 is 96.3. The second kappa shape index (κ2) is 17.2. The molecule has 4 N–H and O–H groups in total. The van der Waals surface area contributed by atoms with Gasteiger partial charge < -0.3 is 34.6 Å². The minimum atomic E-state index is -3.02. The number of ether oxygens (including phenoxy) is 3. The van der Waals surface area contributed by atoms with Crippen LogP contribution < -0.4 is 0 Å². The van der Waals surface area contributed by atoms with Crippen LogP contribution in [0, 0.1) is 56.7 Å². The second-order valence-corrected chi connectivity index (χ2v) is 22.8. The summed E-state index contributed by atoms with van der Waals surface area (Å²) in [7, 11) is 1.01. The lowest BCUT2D eigenvalue weighted by molar-refractivity contribution is -0.281. The maximum Gasteiger partial charge on any atom is 0.360 e. The summed E-state index contributed by atoms with van der Waals surface area (Å²) in [6.07, 6.45) is 4.66. The SMILES string of the molecule is CC(C)(C)C(F)(F)CC(O)COCC12CC3CC(C1)C(O)C(C3)C2.CC(C)(C)C(F)(F)CC(O)COCC12CC3CC(CC(O)(C3)C1)C2.COC(F)(F)C(C)(C)C. The number of hydrogen-bond donors (Lipinski definition) is 4. The van der Waals surface area contributed by atoms with Gasteiger partial charge in [0, 0.05) is 30.8 Å². The van der Waals surface area contributed by atoms with E-state index < -0.39 is 64.8 Å². The molecule has 0 saturated heterocycles. The van der Waals surface area contributed by atoms with E-state index in [9.17, 15) is 46.8 Å². The Morgan fingerprint density at radius 2 is 0.982 bits per heavy atom. The zero-order chi connectivity index (χ0) is 43.3. The van der Waals surface area contributed by atoms with Gasteiger partial charge in [0.15, 0.2) is 0 Å². The fourth-order valence-corrected chi connectivity index (χ4v) is 11.4. The molecular weight excluding hydrogens is 754 g/mol. The van der Waals surface area contributed by atoms with Crippen LogP contribution in [0.5, 0.6) is 0 Å². The minimum Gasteiger partial charge on any atom is -0.393 e. The van der Waals surface area contributed by atoms with E-state index in [0.29, 0.717) is 42.8 Å². The third kappa shape index (κ3) is 12.0. The van der Waals surface area contributed by atoms with Crippen molar-refractivity contribution >= 4 is 0 Å². The van der Waals surface area contributed by atoms with Crippen LogP contribution in [0.2, 0.25) is 0 Å². The lowest BCUT2D eigenvalue weighted by Gasteiger charge is -2.60. The normalized spacial score (nSPS) is 36.0. The smallest absolute Gasteiger partial charge is 0.360 e. The lowest BCUT2D eigenvalue weighted by Crippen LogP contribution is -2.57. The summed E-state index contributed by atoms with van der Waals surface area (Å²) >= 11 is 0. The maximum absolute atomic E-state index is 14.0. The van der Waals surface area contributed by atoms with Crippen LogP contribution in [0.25, 0.3) is 0 Å². The predicted molar refractivity (Wildman–Crippen MR) is 207 cm³/mol. The molecule has 6 unspecified atom stereocenters. The Morgan fingerprint density at radius 3 is 1.33 bits per heavy atom. The van der Waals surface area contributed by atoms with Crippen LogP contribution in [0.4, 0.5) is 26.3 Å². The molecule has 8 aliphatic carbocycles. The third-order valence-corrected chi connectivity index (χ3v) is 14.2. The molecule has 0 aromatic heterocycles. The highest BCUT2D eigenvalue weighted by Gasteiger charge is 2.58. The van der Waals surface area contributed by atoms with Crippen molar-refractivity contribution in [3.63, 3.8) is 0 Å². The molecule has 7 nitrogen and oxygen atoms in total. The zero-order valence-corrected chi connectivity index (χ0v) is 36.4. The van der Waals surface area contributed by atoms with Crippen molar-refractivity contribution in [3.8, 4) is 0 Å². The van der Waals surface area contributed by atoms with Crippen molar-refractivity contribution in [2.24, 2.45) is 56.7 Å². The highest BCUT2D eigenvalue weighted by atomic mass is 19.3. The first kappa shape index (κ1) is 49.0. The molecule has 8 aliphatic rings. The Morgan fingerprint density at radius 1 is 0.579 bits per heavy atom. The molecule has 0 aromatic carbocycles. The predicted octanol–water partition coefficient (Wildman–Crippen LogP) is 9.66. The molecule has 8 bridgehead atoms. The van der Waals surface area contributed by atoms with Gasteiger partial charge in [0.25, 0.3) is 11.8 Å². The standard InChI is InChI=1S/2C19H32F2O3.C6H12F2O/c1-16(2,3)19(20,21)9-15(22)10-24-12-17-5-13-4-14(6-17)8-18(23,7-13)11-17;1-17(2,3)19(20,21)9-15(22)10-24-11-18-6-12-4-13(7-18)16(23)14(5-12)8-18;1-5(2,3)6(7,8)9-4/h13-15,22-23H,4-12H2,1-3H3;12-16,22-23H,4-11H2,1-3H3;1-4H3. The van der Waals surface area contributed by atoms with Crippen molar-refractivity contribution in [3.05, 3.63) is 0 Å². The van der Waals surface area contributed by atoms with Crippen LogP contribution in [0.1, 0.15) is 146 Å². The van der Waals surface area contributed by atoms with Crippen molar-refractivity contribution < 1.29 is 61.0 Å². The molecule has 0 aliphatic heterocycles. The molecule has 8 fully saturated rings. The molecule has 8 rings (SSSR count). The molecule has 57 heavy (non-hydrogen) atoms. The van der Waals surface area contributed by atoms with Crippen molar-refractivity contribution in [1.82, 2.24) is 0 Å². The molecule has 0 amide bonds. The first-order chi connectivity index (χ1) is 25.7. The van der Waals surface area contributed by atoms with Crippen LogP contribution >= 0.6 is 0 Å². The summed E-state index contributed by atoms with van der Waals surface area (Å²) in [6, 6.07) is 0. The van der Waals surface area contributed by atoms with E-state index in [0.717, 1.165) is 71.3 Å². The number of aliphatic hydroxyl groups is 4. The van der Waals surface area contributed by atoms with Gasteiger partial charge in [-0.25, -0.2) is 17.6 Å². The van der Waals surface area contributed by atoms with Crippen LogP contribution in [0.3, 0.4) is 0 Å². The largest absolute Gasteiger partial charge is 0.393 e. The van der Waals surface area contributed by atoms with Gasteiger partial charge in [0.2, 0.25) is 0 Å². The first-order valence-corrected chi connectivity index (χ1v) is 21.4. The molecule has 8 saturated carbocycles. The molecule has 6 atom stereocenters. The summed E-state index contributed by atoms with van der Waals surface area (Å²) in [5.41, 5.74) is -3.89. The van der Waals surface area contributed by atoms with Crippen molar-refractivity contribution in [2.45, 2.75) is 188 Å². The van der Waals surface area contributed by atoms with E-state index in [4.69, 9.17) is 9.47 Å². The maximum atomic E-state index is 14.0. The van der Waals surface area contributed by atoms with E-state index in [-0.39, 0.29) is 30.1 Å². The van der Waals surface area contributed by atoms with Gasteiger partial charge in [-0.3, -0.25) is 0 Å². The van der Waals surface area contributed by atoms with Gasteiger partial charge in [-0.05, 0) is 111 Å². The molecule has 0 radical (unpaired) electrons. The van der Waals surface area contributed by atoms with Crippen LogP contribution in [-0.2, 0) is 14.2 Å². The summed E-state index contributed by atoms with van der Waals surface area (Å²) in [5, 5.41) is 40.9. The minimum absolute atomic E-state index is 0.00883. The molecule has 13 heteroatoms. The van der Waals surface area contributed by atoms with E-state index in [1.165, 1.54) is 68.7 Å². The number of hydrogen-bond acceptors (Lipinski definition) is 7. The van der Waals surface area contributed by atoms with Crippen molar-refractivity contribution in [1.29, 1.82) is 0 Å². The first-order valence-electron chi connectivity index (χ1n) is 21.4. The van der Waals surface area contributed by atoms with Gasteiger partial charge in [0.05, 0.1) is 55.8 Å². The number of alkyl halides is 6. The third-order valence-electron chi connectivity index (χ3n) is 14.2. The van der Waals surface area contributed by atoms with Crippen LogP contribution in [0.15, 0.2) is 0 Å². The Labute approximate surface area is 338 Å². The van der Waals surface area contributed by atoms with E-state index in [2.05, 4.69) is 4.74 Å². The van der Waals surface area contributed by atoms with Gasteiger partial charge in [-0.2, -0.15) is 8.78 Å². The number of aliphatic hydroxyl groups excluding tert-OH is 3. The number of rotatable bonds is 13. The summed E-state index contributed by atoms with van der Waals surface area (Å²) in [4.78, 5) is 0. The van der Waals surface area contributed by atoms with Crippen molar-refractivity contribution in [2.75, 3.05) is 33.5 Å². The van der Waals surface area contributed by atoms with E-state index in [1.807, 2.05) is 0 Å². The van der Waals surface area contributed by atoms with Gasteiger partial charge in [0.1, 0.15) is 0 Å². The average Bonchev–Trinajstić information content (AvgIpc) is 3.00. The highest BCUT2D eigenvalue weighted by Crippen LogP contribution is 2.62.